The van der Waals surface area contributed by atoms with Crippen molar-refractivity contribution >= 4 is 29.5 Å². The molecule has 7 heteroatoms. The van der Waals surface area contributed by atoms with Crippen molar-refractivity contribution in [2.45, 2.75) is 20.0 Å². The van der Waals surface area contributed by atoms with Crippen LogP contribution in [0.3, 0.4) is 0 Å². The van der Waals surface area contributed by atoms with E-state index in [0.29, 0.717) is 11.4 Å². The Morgan fingerprint density at radius 3 is 2.86 bits per heavy atom. The number of nitrogens with one attached hydrogen (secondary N) is 1. The van der Waals surface area contributed by atoms with Crippen molar-refractivity contribution in [1.82, 2.24) is 0 Å². The van der Waals surface area contributed by atoms with Crippen molar-refractivity contribution in [3.63, 3.8) is 0 Å². The molecule has 116 valence electrons. The minimum Gasteiger partial charge on any atom is -0.456 e. The van der Waals surface area contributed by atoms with E-state index in [0.717, 1.165) is 11.6 Å². The second kappa shape index (κ2) is 8.39. The third-order valence-electron chi connectivity index (χ3n) is 2.57. The minimum atomic E-state index is -0.711. The number of benzene rings is 1. The van der Waals surface area contributed by atoms with Gasteiger partial charge in [-0.2, -0.15) is 4.99 Å². The van der Waals surface area contributed by atoms with Crippen LogP contribution < -0.4 is 5.32 Å². The normalized spacial score (nSPS) is 10.8. The predicted octanol–water partition coefficient (Wildman–Crippen LogP) is 2.63. The van der Waals surface area contributed by atoms with E-state index in [1.54, 1.807) is 26.0 Å². The predicted molar refractivity (Wildman–Crippen MR) is 79.7 cm³/mol. The van der Waals surface area contributed by atoms with Crippen molar-refractivity contribution in [3.8, 4) is 0 Å². The molecule has 1 rings (SSSR count). The number of esters is 1. The molecule has 0 aliphatic heterocycles. The van der Waals surface area contributed by atoms with Crippen LogP contribution in [0.15, 0.2) is 35.8 Å². The average Bonchev–Trinajstić information content (AvgIpc) is 2.48. The Hall–Kier alpha value is -2.92. The van der Waals surface area contributed by atoms with Crippen LogP contribution in [0.4, 0.5) is 16.2 Å². The molecule has 0 saturated carbocycles. The Bertz CT molecular complexity index is 620. The lowest BCUT2D eigenvalue weighted by atomic mass is 10.2. The lowest BCUT2D eigenvalue weighted by Crippen LogP contribution is -2.24. The summed E-state index contributed by atoms with van der Waals surface area (Å²) in [5.41, 5.74) is 1.59. The minimum absolute atomic E-state index is 0.101. The van der Waals surface area contributed by atoms with E-state index in [2.05, 4.69) is 16.9 Å². The maximum absolute atomic E-state index is 11.7. The van der Waals surface area contributed by atoms with Gasteiger partial charge < -0.3 is 9.47 Å². The Balaban J connectivity index is 2.58. The highest BCUT2D eigenvalue weighted by molar-refractivity contribution is 5.86. The molecule has 7 nitrogen and oxygen atoms in total. The average molecular weight is 304 g/mol. The van der Waals surface area contributed by atoms with Gasteiger partial charge in [-0.25, -0.2) is 14.4 Å². The number of nitrogens with zero attached hydrogens (tertiary/aromatic N) is 1. The van der Waals surface area contributed by atoms with Gasteiger partial charge >= 0.3 is 12.1 Å². The van der Waals surface area contributed by atoms with Crippen LogP contribution in [-0.2, 0) is 19.1 Å². The zero-order chi connectivity index (χ0) is 16.5. The number of carbonyl (C=O) groups is 2. The van der Waals surface area contributed by atoms with Gasteiger partial charge in [0.05, 0.1) is 5.69 Å². The number of ether oxygens (including phenoxy) is 2. The van der Waals surface area contributed by atoms with E-state index < -0.39 is 18.2 Å². The van der Waals surface area contributed by atoms with Gasteiger partial charge in [0.2, 0.25) is 6.08 Å². The molecular weight excluding hydrogens is 288 g/mol. The molecule has 0 heterocycles. The van der Waals surface area contributed by atoms with Crippen LogP contribution in [0.25, 0.3) is 0 Å². The highest BCUT2D eigenvalue weighted by Gasteiger charge is 2.11. The summed E-state index contributed by atoms with van der Waals surface area (Å²) in [6, 6.07) is 4.83. The summed E-state index contributed by atoms with van der Waals surface area (Å²) in [4.78, 5) is 36.4. The van der Waals surface area contributed by atoms with E-state index in [-0.39, 0.29) is 6.61 Å². The van der Waals surface area contributed by atoms with Crippen molar-refractivity contribution in [1.29, 1.82) is 0 Å². The zero-order valence-electron chi connectivity index (χ0n) is 12.3. The van der Waals surface area contributed by atoms with Crippen LogP contribution in [0.5, 0.6) is 0 Å². The molecule has 1 aromatic rings. The monoisotopic (exact) mass is 304 g/mol. The first kappa shape index (κ1) is 17.1. The van der Waals surface area contributed by atoms with Gasteiger partial charge in [0.1, 0.15) is 12.7 Å². The Morgan fingerprint density at radius 1 is 1.50 bits per heavy atom. The van der Waals surface area contributed by atoms with Gasteiger partial charge in [0, 0.05) is 11.8 Å². The fourth-order valence-electron chi connectivity index (χ4n) is 1.49. The molecule has 0 aromatic heterocycles. The molecule has 0 radical (unpaired) electrons. The van der Waals surface area contributed by atoms with E-state index >= 15 is 0 Å². The number of aryl methyl sites for hydroxylation is 1. The number of aliphatic imine (C=N–C) groups is 1. The van der Waals surface area contributed by atoms with Gasteiger partial charge in [0.15, 0.2) is 0 Å². The number of anilines is 1. The number of rotatable bonds is 6. The van der Waals surface area contributed by atoms with Crippen LogP contribution in [-0.4, -0.2) is 30.9 Å². The SMILES string of the molecule is C=CC(=O)OC(C)COC(=O)Nc1cc(N=C=O)ccc1C. The zero-order valence-corrected chi connectivity index (χ0v) is 12.3. The van der Waals surface area contributed by atoms with Gasteiger partial charge in [-0.1, -0.05) is 12.6 Å². The molecule has 1 atom stereocenters. The smallest absolute Gasteiger partial charge is 0.411 e. The Kier molecular flexibility index (Phi) is 6.53. The molecule has 22 heavy (non-hydrogen) atoms. The highest BCUT2D eigenvalue weighted by atomic mass is 16.6. The molecular formula is C15H16N2O5. The summed E-state index contributed by atoms with van der Waals surface area (Å²) in [5, 5.41) is 2.52. The molecule has 1 unspecified atom stereocenters. The second-order valence-electron chi connectivity index (χ2n) is 4.38. The fraction of sp³-hybridized carbons (Fsp3) is 0.267. The van der Waals surface area contributed by atoms with E-state index in [9.17, 15) is 14.4 Å². The quantitative estimate of drug-likeness (QED) is 0.377. The summed E-state index contributed by atoms with van der Waals surface area (Å²) in [5.74, 6) is -0.591. The Labute approximate surface area is 127 Å². The molecule has 0 fully saturated rings. The Morgan fingerprint density at radius 2 is 2.23 bits per heavy atom. The molecule has 0 aliphatic carbocycles. The van der Waals surface area contributed by atoms with Gasteiger partial charge in [-0.3, -0.25) is 5.32 Å². The highest BCUT2D eigenvalue weighted by Crippen LogP contribution is 2.22. The summed E-state index contributed by atoms with van der Waals surface area (Å²) >= 11 is 0. The second-order valence-corrected chi connectivity index (χ2v) is 4.38. The van der Waals surface area contributed by atoms with Gasteiger partial charge in [0.25, 0.3) is 0 Å². The fourth-order valence-corrected chi connectivity index (χ4v) is 1.49. The topological polar surface area (TPSA) is 94.1 Å². The van der Waals surface area contributed by atoms with Crippen molar-refractivity contribution in [2.75, 3.05) is 11.9 Å². The number of carbonyl (C=O) groups excluding carboxylic acids is 3. The molecule has 0 spiro atoms. The standard InChI is InChI=1S/C15H16N2O5/c1-4-14(19)22-11(3)8-21-15(20)17-13-7-12(16-9-18)6-5-10(13)2/h4-7,11H,1,8H2,2-3H3,(H,17,20). The summed E-state index contributed by atoms with van der Waals surface area (Å²) in [6.45, 7) is 6.53. The molecule has 1 N–H and O–H groups in total. The van der Waals surface area contributed by atoms with Gasteiger partial charge in [-0.15, -0.1) is 0 Å². The number of isocyanates is 1. The third-order valence-corrected chi connectivity index (χ3v) is 2.57. The van der Waals surface area contributed by atoms with Crippen LogP contribution in [0.2, 0.25) is 0 Å². The van der Waals surface area contributed by atoms with E-state index in [4.69, 9.17) is 9.47 Å². The first-order valence-corrected chi connectivity index (χ1v) is 6.41. The maximum atomic E-state index is 11.7. The lowest BCUT2D eigenvalue weighted by molar-refractivity contribution is -0.143. The number of amides is 1. The molecule has 0 aliphatic rings. The molecule has 1 aromatic carbocycles. The number of hydrogen-bond donors (Lipinski definition) is 1. The van der Waals surface area contributed by atoms with Crippen molar-refractivity contribution < 1.29 is 23.9 Å². The maximum Gasteiger partial charge on any atom is 0.411 e. The first-order chi connectivity index (χ1) is 10.5. The van der Waals surface area contributed by atoms with Gasteiger partial charge in [-0.05, 0) is 31.5 Å². The van der Waals surface area contributed by atoms with Crippen molar-refractivity contribution in [2.24, 2.45) is 4.99 Å². The summed E-state index contributed by atoms with van der Waals surface area (Å²) < 4.78 is 9.79. The van der Waals surface area contributed by atoms with Crippen LogP contribution >= 0.6 is 0 Å². The summed E-state index contributed by atoms with van der Waals surface area (Å²) in [7, 11) is 0. The van der Waals surface area contributed by atoms with Crippen LogP contribution in [0, 0.1) is 6.92 Å². The van der Waals surface area contributed by atoms with E-state index in [1.165, 1.54) is 12.1 Å². The molecule has 0 bridgehead atoms. The van der Waals surface area contributed by atoms with Crippen LogP contribution in [0.1, 0.15) is 12.5 Å². The van der Waals surface area contributed by atoms with Crippen molar-refractivity contribution in [3.05, 3.63) is 36.4 Å². The molecule has 1 amide bonds. The largest absolute Gasteiger partial charge is 0.456 e. The van der Waals surface area contributed by atoms with E-state index in [1.807, 2.05) is 0 Å². The first-order valence-electron chi connectivity index (χ1n) is 6.41. The number of hydrogen-bond acceptors (Lipinski definition) is 6. The third kappa shape index (κ3) is 5.60. The lowest BCUT2D eigenvalue weighted by Gasteiger charge is -2.13. The molecule has 0 saturated heterocycles. The summed E-state index contributed by atoms with van der Waals surface area (Å²) in [6.07, 6.45) is 1.14.